The molecule has 1 aromatic carbocycles. The molecule has 0 bridgehead atoms. The van der Waals surface area contributed by atoms with Gasteiger partial charge in [-0.1, -0.05) is 43.3 Å². The predicted molar refractivity (Wildman–Crippen MR) is 73.3 cm³/mol. The minimum absolute atomic E-state index is 0.390. The van der Waals surface area contributed by atoms with Gasteiger partial charge in [-0.3, -0.25) is 0 Å². The van der Waals surface area contributed by atoms with Gasteiger partial charge in [0.1, 0.15) is 5.76 Å². The van der Waals surface area contributed by atoms with Crippen molar-refractivity contribution in [3.05, 3.63) is 59.9 Å². The van der Waals surface area contributed by atoms with E-state index < -0.39 is 6.10 Å². The van der Waals surface area contributed by atoms with Crippen LogP contribution in [0.1, 0.15) is 25.0 Å². The Hall–Kier alpha value is -2.03. The van der Waals surface area contributed by atoms with Gasteiger partial charge in [0.2, 0.25) is 6.10 Å². The molecule has 3 nitrogen and oxygen atoms in total. The van der Waals surface area contributed by atoms with Gasteiger partial charge in [0, 0.05) is 5.56 Å². The van der Waals surface area contributed by atoms with Gasteiger partial charge >= 0.3 is 5.97 Å². The minimum Gasteiger partial charge on any atom is -0.474 e. The zero-order chi connectivity index (χ0) is 13.7. The summed E-state index contributed by atoms with van der Waals surface area (Å²) in [4.78, 5) is 11.9. The number of hydrogen-bond donors (Lipinski definition) is 0. The molecule has 0 N–H and O–H groups in total. The Bertz CT molecular complexity index is 488. The summed E-state index contributed by atoms with van der Waals surface area (Å²) >= 11 is 0. The monoisotopic (exact) mass is 258 g/mol. The maximum Gasteiger partial charge on any atom is 0.351 e. The average Bonchev–Trinajstić information content (AvgIpc) is 2.47. The Morgan fingerprint density at radius 1 is 1.32 bits per heavy atom. The van der Waals surface area contributed by atoms with E-state index in [1.54, 1.807) is 0 Å². The fourth-order valence-electron chi connectivity index (χ4n) is 1.92. The van der Waals surface area contributed by atoms with E-state index in [-0.39, 0.29) is 5.97 Å². The lowest BCUT2D eigenvalue weighted by atomic mass is 10.0. The SMILES string of the molecule is COC(=O)C(OC1=CCC(C)C=C1)c1ccccc1. The third kappa shape index (κ3) is 3.47. The van der Waals surface area contributed by atoms with Gasteiger partial charge in [-0.25, -0.2) is 4.79 Å². The first-order chi connectivity index (χ1) is 9.20. The lowest BCUT2D eigenvalue weighted by Crippen LogP contribution is -2.17. The number of ether oxygens (including phenoxy) is 2. The first-order valence-corrected chi connectivity index (χ1v) is 6.38. The number of rotatable bonds is 4. The van der Waals surface area contributed by atoms with E-state index in [0.717, 1.165) is 17.7 Å². The molecule has 2 unspecified atom stereocenters. The number of carbonyl (C=O) groups excluding carboxylic acids is 1. The Morgan fingerprint density at radius 3 is 2.63 bits per heavy atom. The minimum atomic E-state index is -0.712. The molecule has 2 atom stereocenters. The molecule has 0 heterocycles. The largest absolute Gasteiger partial charge is 0.474 e. The van der Waals surface area contributed by atoms with Crippen molar-refractivity contribution in [2.75, 3.05) is 7.11 Å². The standard InChI is InChI=1S/C16H18O3/c1-12-8-10-14(11-9-12)19-15(16(17)18-2)13-6-4-3-5-7-13/h3-8,10-12,15H,9H2,1-2H3. The molecule has 19 heavy (non-hydrogen) atoms. The van der Waals surface area contributed by atoms with Gasteiger partial charge in [-0.15, -0.1) is 0 Å². The summed E-state index contributed by atoms with van der Waals surface area (Å²) in [5, 5.41) is 0. The number of methoxy groups -OCH3 is 1. The van der Waals surface area contributed by atoms with Crippen LogP contribution < -0.4 is 0 Å². The fourth-order valence-corrected chi connectivity index (χ4v) is 1.92. The van der Waals surface area contributed by atoms with Crippen molar-refractivity contribution >= 4 is 5.97 Å². The lowest BCUT2D eigenvalue weighted by Gasteiger charge is -2.20. The van der Waals surface area contributed by atoms with Crippen LogP contribution in [0.4, 0.5) is 0 Å². The van der Waals surface area contributed by atoms with Crippen LogP contribution in [0.5, 0.6) is 0 Å². The quantitative estimate of drug-likeness (QED) is 0.776. The second-order valence-electron chi connectivity index (χ2n) is 4.61. The molecule has 1 aliphatic rings. The maximum atomic E-state index is 11.9. The Kier molecular flexibility index (Phi) is 4.39. The molecule has 1 aliphatic carbocycles. The summed E-state index contributed by atoms with van der Waals surface area (Å²) in [5.74, 6) is 0.845. The highest BCUT2D eigenvalue weighted by atomic mass is 16.6. The van der Waals surface area contributed by atoms with E-state index in [1.807, 2.05) is 42.5 Å². The number of carbonyl (C=O) groups is 1. The van der Waals surface area contributed by atoms with Crippen LogP contribution in [0.15, 0.2) is 54.3 Å². The first kappa shape index (κ1) is 13.4. The Morgan fingerprint density at radius 2 is 2.05 bits per heavy atom. The number of benzene rings is 1. The Balaban J connectivity index is 2.16. The van der Waals surface area contributed by atoms with Crippen LogP contribution in [0.3, 0.4) is 0 Å². The van der Waals surface area contributed by atoms with Crippen LogP contribution in [-0.2, 0) is 14.3 Å². The van der Waals surface area contributed by atoms with Crippen LogP contribution in [0.25, 0.3) is 0 Å². The maximum absolute atomic E-state index is 11.9. The molecule has 0 spiro atoms. The van der Waals surface area contributed by atoms with E-state index in [2.05, 4.69) is 13.0 Å². The first-order valence-electron chi connectivity index (χ1n) is 6.38. The van der Waals surface area contributed by atoms with Gasteiger partial charge < -0.3 is 9.47 Å². The molecule has 0 fully saturated rings. The van der Waals surface area contributed by atoms with E-state index in [1.165, 1.54) is 7.11 Å². The molecular weight excluding hydrogens is 240 g/mol. The molecule has 1 aromatic rings. The second-order valence-corrected chi connectivity index (χ2v) is 4.61. The molecule has 0 saturated carbocycles. The normalized spacial score (nSPS) is 19.5. The van der Waals surface area contributed by atoms with Crippen LogP contribution in [-0.4, -0.2) is 13.1 Å². The van der Waals surface area contributed by atoms with Crippen molar-refractivity contribution in [1.29, 1.82) is 0 Å². The van der Waals surface area contributed by atoms with Crippen molar-refractivity contribution in [3.8, 4) is 0 Å². The van der Waals surface area contributed by atoms with E-state index >= 15 is 0 Å². The molecule has 0 amide bonds. The van der Waals surface area contributed by atoms with E-state index in [9.17, 15) is 4.79 Å². The highest BCUT2D eigenvalue weighted by Crippen LogP contribution is 2.25. The Labute approximate surface area is 113 Å². The molecule has 2 rings (SSSR count). The van der Waals surface area contributed by atoms with Crippen molar-refractivity contribution in [3.63, 3.8) is 0 Å². The summed E-state index contributed by atoms with van der Waals surface area (Å²) in [7, 11) is 1.37. The number of esters is 1. The molecule has 0 aromatic heterocycles. The number of hydrogen-bond acceptors (Lipinski definition) is 3. The third-order valence-electron chi connectivity index (χ3n) is 3.05. The second kappa shape index (κ2) is 6.23. The zero-order valence-electron chi connectivity index (χ0n) is 11.2. The summed E-state index contributed by atoms with van der Waals surface area (Å²) in [5.41, 5.74) is 0.794. The van der Waals surface area contributed by atoms with Crippen molar-refractivity contribution in [2.24, 2.45) is 5.92 Å². The average molecular weight is 258 g/mol. The smallest absolute Gasteiger partial charge is 0.351 e. The van der Waals surface area contributed by atoms with Gasteiger partial charge in [-0.05, 0) is 24.5 Å². The molecule has 3 heteroatoms. The fraction of sp³-hybridized carbons (Fsp3) is 0.312. The highest BCUT2D eigenvalue weighted by Gasteiger charge is 2.24. The van der Waals surface area contributed by atoms with E-state index in [4.69, 9.17) is 9.47 Å². The van der Waals surface area contributed by atoms with E-state index in [0.29, 0.717) is 5.92 Å². The summed E-state index contributed by atoms with van der Waals surface area (Å²) in [6.07, 6.45) is 6.20. The molecule has 0 aliphatic heterocycles. The third-order valence-corrected chi connectivity index (χ3v) is 3.05. The van der Waals surface area contributed by atoms with Crippen molar-refractivity contribution in [1.82, 2.24) is 0 Å². The predicted octanol–water partition coefficient (Wildman–Crippen LogP) is 3.40. The molecule has 0 radical (unpaired) electrons. The summed E-state index contributed by atoms with van der Waals surface area (Å²) in [6.45, 7) is 2.14. The molecule has 100 valence electrons. The van der Waals surface area contributed by atoms with Crippen LogP contribution in [0.2, 0.25) is 0 Å². The highest BCUT2D eigenvalue weighted by molar-refractivity contribution is 5.76. The van der Waals surface area contributed by atoms with Gasteiger partial charge in [0.05, 0.1) is 7.11 Å². The number of allylic oxidation sites excluding steroid dienone is 3. The van der Waals surface area contributed by atoms with Gasteiger partial charge in [-0.2, -0.15) is 0 Å². The topological polar surface area (TPSA) is 35.5 Å². The molecule has 0 saturated heterocycles. The van der Waals surface area contributed by atoms with Crippen molar-refractivity contribution < 1.29 is 14.3 Å². The van der Waals surface area contributed by atoms with Crippen LogP contribution in [0, 0.1) is 5.92 Å². The van der Waals surface area contributed by atoms with Gasteiger partial charge in [0.25, 0.3) is 0 Å². The van der Waals surface area contributed by atoms with Crippen molar-refractivity contribution in [2.45, 2.75) is 19.4 Å². The summed E-state index contributed by atoms with van der Waals surface area (Å²) < 4.78 is 10.6. The van der Waals surface area contributed by atoms with Crippen LogP contribution >= 0.6 is 0 Å². The zero-order valence-corrected chi connectivity index (χ0v) is 11.2. The lowest BCUT2D eigenvalue weighted by molar-refractivity contribution is -0.151. The molecular formula is C16H18O3. The van der Waals surface area contributed by atoms with Gasteiger partial charge in [0.15, 0.2) is 0 Å². The summed E-state index contributed by atoms with van der Waals surface area (Å²) in [6, 6.07) is 9.37.